The third-order valence-corrected chi connectivity index (χ3v) is 8.14. The van der Waals surface area contributed by atoms with Crippen LogP contribution in [0.25, 0.3) is 22.3 Å². The van der Waals surface area contributed by atoms with Crippen LogP contribution in [0.2, 0.25) is 0 Å². The molecule has 1 aliphatic heterocycles. The van der Waals surface area contributed by atoms with Crippen molar-refractivity contribution in [2.45, 2.75) is 24.5 Å². The number of nitrogens with one attached hydrogen (secondary N) is 1. The van der Waals surface area contributed by atoms with Crippen molar-refractivity contribution in [3.05, 3.63) is 41.7 Å². The molecule has 8 heteroatoms. The van der Waals surface area contributed by atoms with Gasteiger partial charge in [-0.2, -0.15) is 0 Å². The standard InChI is InChI=1S/C21H24N4O3S/c1-14-3-4-16(15-5-8-22-19(14)15)20-23-17(21(6-7-21)29(2,26)27)13-18(24-20)25-9-11-28-12-10-25/h3-5,8,13,22H,6-7,9-12H2,1-2H3. The zero-order valence-corrected chi connectivity index (χ0v) is 17.4. The number of fused-ring (bicyclic) bond motifs is 1. The molecular formula is C21H24N4O3S. The third kappa shape index (κ3) is 3.02. The molecule has 0 atom stereocenters. The minimum Gasteiger partial charge on any atom is -0.378 e. The molecule has 0 amide bonds. The molecule has 2 fully saturated rings. The number of aromatic amines is 1. The summed E-state index contributed by atoms with van der Waals surface area (Å²) in [6.07, 6.45) is 4.44. The Hall–Kier alpha value is -2.45. The van der Waals surface area contributed by atoms with Crippen LogP contribution < -0.4 is 4.90 Å². The van der Waals surface area contributed by atoms with Crippen molar-refractivity contribution in [2.75, 3.05) is 37.5 Å². The lowest BCUT2D eigenvalue weighted by Gasteiger charge is -2.29. The van der Waals surface area contributed by atoms with Crippen LogP contribution in [0.4, 0.5) is 5.82 Å². The van der Waals surface area contributed by atoms with Gasteiger partial charge < -0.3 is 14.6 Å². The summed E-state index contributed by atoms with van der Waals surface area (Å²) in [6.45, 7) is 4.79. The number of anilines is 1. The molecule has 29 heavy (non-hydrogen) atoms. The van der Waals surface area contributed by atoms with E-state index in [1.54, 1.807) is 0 Å². The monoisotopic (exact) mass is 412 g/mol. The van der Waals surface area contributed by atoms with Crippen LogP contribution in [-0.2, 0) is 19.3 Å². The number of benzene rings is 1. The van der Waals surface area contributed by atoms with Crippen LogP contribution in [-0.4, -0.2) is 55.9 Å². The molecule has 7 nitrogen and oxygen atoms in total. The molecule has 1 saturated carbocycles. The van der Waals surface area contributed by atoms with Gasteiger partial charge in [0.05, 0.1) is 18.9 Å². The highest BCUT2D eigenvalue weighted by atomic mass is 32.2. The molecule has 0 unspecified atom stereocenters. The molecular weight excluding hydrogens is 388 g/mol. The van der Waals surface area contributed by atoms with E-state index in [9.17, 15) is 8.42 Å². The Kier molecular flexibility index (Phi) is 4.18. The van der Waals surface area contributed by atoms with E-state index >= 15 is 0 Å². The van der Waals surface area contributed by atoms with Crippen molar-refractivity contribution in [3.8, 4) is 11.4 Å². The smallest absolute Gasteiger partial charge is 0.162 e. The van der Waals surface area contributed by atoms with E-state index in [1.807, 2.05) is 30.5 Å². The van der Waals surface area contributed by atoms with E-state index < -0.39 is 14.6 Å². The van der Waals surface area contributed by atoms with E-state index in [4.69, 9.17) is 14.7 Å². The van der Waals surface area contributed by atoms with Gasteiger partial charge in [0.15, 0.2) is 15.7 Å². The number of ether oxygens (including phenoxy) is 1. The first-order chi connectivity index (χ1) is 13.9. The molecule has 2 aliphatic rings. The van der Waals surface area contributed by atoms with Crippen LogP contribution >= 0.6 is 0 Å². The molecule has 1 N–H and O–H groups in total. The Morgan fingerprint density at radius 3 is 2.59 bits per heavy atom. The van der Waals surface area contributed by atoms with Crippen molar-refractivity contribution in [3.63, 3.8) is 0 Å². The van der Waals surface area contributed by atoms with Crippen molar-refractivity contribution in [1.82, 2.24) is 15.0 Å². The molecule has 1 aliphatic carbocycles. The molecule has 3 aromatic rings. The molecule has 0 radical (unpaired) electrons. The van der Waals surface area contributed by atoms with Crippen molar-refractivity contribution in [2.24, 2.45) is 0 Å². The van der Waals surface area contributed by atoms with Gasteiger partial charge in [0.1, 0.15) is 10.6 Å². The zero-order chi connectivity index (χ0) is 20.2. The van der Waals surface area contributed by atoms with Gasteiger partial charge in [-0.15, -0.1) is 0 Å². The fraction of sp³-hybridized carbons (Fsp3) is 0.429. The van der Waals surface area contributed by atoms with Gasteiger partial charge in [-0.3, -0.25) is 0 Å². The Morgan fingerprint density at radius 2 is 1.90 bits per heavy atom. The van der Waals surface area contributed by atoms with E-state index in [2.05, 4.69) is 16.8 Å². The largest absolute Gasteiger partial charge is 0.378 e. The topological polar surface area (TPSA) is 88.2 Å². The van der Waals surface area contributed by atoms with Gasteiger partial charge in [0.25, 0.3) is 0 Å². The Balaban J connectivity index is 1.71. The van der Waals surface area contributed by atoms with Crippen LogP contribution in [0, 0.1) is 6.92 Å². The van der Waals surface area contributed by atoms with Crippen LogP contribution in [0.3, 0.4) is 0 Å². The molecule has 0 bridgehead atoms. The predicted octanol–water partition coefficient (Wildman–Crippen LogP) is 2.80. The highest BCUT2D eigenvalue weighted by Crippen LogP contribution is 2.52. The van der Waals surface area contributed by atoms with Gasteiger partial charge in [-0.1, -0.05) is 12.1 Å². The summed E-state index contributed by atoms with van der Waals surface area (Å²) in [6, 6.07) is 7.95. The fourth-order valence-electron chi connectivity index (χ4n) is 4.17. The third-order valence-electron chi connectivity index (χ3n) is 6.10. The number of hydrogen-bond donors (Lipinski definition) is 1. The quantitative estimate of drug-likeness (QED) is 0.709. The molecule has 5 rings (SSSR count). The Labute approximate surface area is 170 Å². The summed E-state index contributed by atoms with van der Waals surface area (Å²) < 4.78 is 29.7. The number of H-pyrrole nitrogens is 1. The second-order valence-corrected chi connectivity index (χ2v) is 10.3. The van der Waals surface area contributed by atoms with Crippen LogP contribution in [0.1, 0.15) is 24.1 Å². The number of morpholine rings is 1. The predicted molar refractivity (Wildman–Crippen MR) is 113 cm³/mol. The van der Waals surface area contributed by atoms with E-state index in [-0.39, 0.29) is 0 Å². The fourth-order valence-corrected chi connectivity index (χ4v) is 5.50. The normalized spacial score (nSPS) is 18.9. The first kappa shape index (κ1) is 18.6. The van der Waals surface area contributed by atoms with Crippen molar-refractivity contribution >= 4 is 26.6 Å². The maximum absolute atomic E-state index is 12.6. The molecule has 2 aromatic heterocycles. The van der Waals surface area contributed by atoms with Crippen LogP contribution in [0.5, 0.6) is 0 Å². The Morgan fingerprint density at radius 1 is 1.14 bits per heavy atom. The number of sulfone groups is 1. The summed E-state index contributed by atoms with van der Waals surface area (Å²) in [5.41, 5.74) is 3.71. The van der Waals surface area contributed by atoms with Gasteiger partial charge >= 0.3 is 0 Å². The van der Waals surface area contributed by atoms with Gasteiger partial charge in [0, 0.05) is 48.1 Å². The van der Waals surface area contributed by atoms with Gasteiger partial charge in [-0.05, 0) is 31.4 Å². The maximum atomic E-state index is 12.6. The molecule has 3 heterocycles. The number of aromatic nitrogens is 3. The maximum Gasteiger partial charge on any atom is 0.162 e. The van der Waals surface area contributed by atoms with Gasteiger partial charge in [-0.25, -0.2) is 18.4 Å². The summed E-state index contributed by atoms with van der Waals surface area (Å²) in [5, 5.41) is 1.04. The number of rotatable bonds is 4. The number of nitrogens with zero attached hydrogens (tertiary/aromatic N) is 3. The number of aryl methyl sites for hydroxylation is 1. The second kappa shape index (κ2) is 6.53. The molecule has 152 valence electrons. The summed E-state index contributed by atoms with van der Waals surface area (Å²) in [4.78, 5) is 15.1. The molecule has 0 spiro atoms. The first-order valence-electron chi connectivity index (χ1n) is 9.88. The average molecular weight is 413 g/mol. The Bertz CT molecular complexity index is 1190. The lowest BCUT2D eigenvalue weighted by molar-refractivity contribution is 0.122. The minimum absolute atomic E-state index is 0.573. The van der Waals surface area contributed by atoms with E-state index in [1.165, 1.54) is 6.26 Å². The number of hydrogen-bond acceptors (Lipinski definition) is 6. The summed E-state index contributed by atoms with van der Waals surface area (Å²) in [7, 11) is -3.27. The minimum atomic E-state index is -3.27. The van der Waals surface area contributed by atoms with E-state index in [0.717, 1.165) is 40.9 Å². The molecule has 1 saturated heterocycles. The second-order valence-electron chi connectivity index (χ2n) is 8.00. The lowest BCUT2D eigenvalue weighted by Crippen LogP contribution is -2.37. The zero-order valence-electron chi connectivity index (χ0n) is 16.6. The summed E-state index contributed by atoms with van der Waals surface area (Å²) in [5.74, 6) is 1.34. The van der Waals surface area contributed by atoms with E-state index in [0.29, 0.717) is 37.6 Å². The molecule has 1 aromatic carbocycles. The lowest BCUT2D eigenvalue weighted by atomic mass is 10.1. The van der Waals surface area contributed by atoms with Gasteiger partial charge in [0.2, 0.25) is 0 Å². The first-order valence-corrected chi connectivity index (χ1v) is 11.8. The van der Waals surface area contributed by atoms with Crippen molar-refractivity contribution in [1.29, 1.82) is 0 Å². The van der Waals surface area contributed by atoms with Crippen molar-refractivity contribution < 1.29 is 13.2 Å². The average Bonchev–Trinajstić information content (AvgIpc) is 3.40. The van der Waals surface area contributed by atoms with Crippen LogP contribution in [0.15, 0.2) is 30.5 Å². The highest BCUT2D eigenvalue weighted by molar-refractivity contribution is 7.91. The SMILES string of the molecule is Cc1ccc(-c2nc(N3CCOCC3)cc(C3(S(C)(=O)=O)CC3)n2)c2cc[nH]c12. The highest BCUT2D eigenvalue weighted by Gasteiger charge is 2.55. The summed E-state index contributed by atoms with van der Waals surface area (Å²) >= 11 is 0.